The first-order valence-electron chi connectivity index (χ1n) is 5.61. The Bertz CT molecular complexity index is 614. The molecule has 3 heteroatoms. The highest BCUT2D eigenvalue weighted by atomic mass is 16.5. The van der Waals surface area contributed by atoms with Gasteiger partial charge in [-0.05, 0) is 30.0 Å². The average molecular weight is 242 g/mol. The lowest BCUT2D eigenvalue weighted by Gasteiger charge is -2.06. The van der Waals surface area contributed by atoms with Crippen LogP contribution in [-0.2, 0) is 16.1 Å². The highest BCUT2D eigenvalue weighted by molar-refractivity contribution is 5.89. The van der Waals surface area contributed by atoms with Crippen molar-refractivity contribution >= 4 is 16.7 Å². The highest BCUT2D eigenvalue weighted by Crippen LogP contribution is 2.25. The standard InChI is InChI=1S/C15H14O3/c1-10(2)15(17)18-9-11-6-7-13-12(8-11)4-3-5-14(13)16/h3-8,16H,1,9H2,2H3. The Morgan fingerprint density at radius 1 is 1.33 bits per heavy atom. The number of rotatable bonds is 3. The number of hydrogen-bond donors (Lipinski definition) is 1. The van der Waals surface area contributed by atoms with E-state index in [2.05, 4.69) is 6.58 Å². The van der Waals surface area contributed by atoms with Crippen LogP contribution in [0, 0.1) is 0 Å². The molecule has 0 saturated heterocycles. The van der Waals surface area contributed by atoms with Crippen LogP contribution in [0.2, 0.25) is 0 Å². The zero-order valence-corrected chi connectivity index (χ0v) is 10.1. The zero-order valence-electron chi connectivity index (χ0n) is 10.1. The van der Waals surface area contributed by atoms with Gasteiger partial charge in [0.1, 0.15) is 12.4 Å². The van der Waals surface area contributed by atoms with Crippen LogP contribution in [0.3, 0.4) is 0 Å². The number of aromatic hydroxyl groups is 1. The van der Waals surface area contributed by atoms with Crippen molar-refractivity contribution in [2.24, 2.45) is 0 Å². The second-order valence-corrected chi connectivity index (χ2v) is 4.19. The molecule has 0 heterocycles. The number of phenols is 1. The summed E-state index contributed by atoms with van der Waals surface area (Å²) in [6.45, 7) is 5.34. The lowest BCUT2D eigenvalue weighted by molar-refractivity contribution is -0.140. The van der Waals surface area contributed by atoms with Gasteiger partial charge in [-0.3, -0.25) is 0 Å². The minimum Gasteiger partial charge on any atom is -0.507 e. The first-order valence-corrected chi connectivity index (χ1v) is 5.61. The van der Waals surface area contributed by atoms with Gasteiger partial charge in [-0.2, -0.15) is 0 Å². The minimum absolute atomic E-state index is 0.206. The Kier molecular flexibility index (Phi) is 3.33. The van der Waals surface area contributed by atoms with Crippen LogP contribution in [0.4, 0.5) is 0 Å². The van der Waals surface area contributed by atoms with Gasteiger partial charge in [0.05, 0.1) is 0 Å². The van der Waals surface area contributed by atoms with Crippen LogP contribution < -0.4 is 0 Å². The van der Waals surface area contributed by atoms with Gasteiger partial charge in [0.2, 0.25) is 0 Å². The van der Waals surface area contributed by atoms with Gasteiger partial charge in [-0.25, -0.2) is 4.79 Å². The Balaban J connectivity index is 2.21. The van der Waals surface area contributed by atoms with Crippen molar-refractivity contribution in [2.75, 3.05) is 0 Å². The fraction of sp³-hybridized carbons (Fsp3) is 0.133. The van der Waals surface area contributed by atoms with E-state index in [0.29, 0.717) is 5.57 Å². The summed E-state index contributed by atoms with van der Waals surface area (Å²) in [5.74, 6) is -0.149. The number of fused-ring (bicyclic) bond motifs is 1. The first kappa shape index (κ1) is 12.2. The van der Waals surface area contributed by atoms with Crippen molar-refractivity contribution in [1.29, 1.82) is 0 Å². The lowest BCUT2D eigenvalue weighted by atomic mass is 10.1. The van der Waals surface area contributed by atoms with Gasteiger partial charge in [0, 0.05) is 11.0 Å². The molecule has 1 N–H and O–H groups in total. The van der Waals surface area contributed by atoms with E-state index in [-0.39, 0.29) is 12.4 Å². The average Bonchev–Trinajstić information content (AvgIpc) is 2.36. The second-order valence-electron chi connectivity index (χ2n) is 4.19. The van der Waals surface area contributed by atoms with Gasteiger partial charge in [0.25, 0.3) is 0 Å². The quantitative estimate of drug-likeness (QED) is 0.664. The number of phenolic OH excluding ortho intramolecular Hbond substituents is 1. The summed E-state index contributed by atoms with van der Waals surface area (Å²) in [6, 6.07) is 10.9. The molecular weight excluding hydrogens is 228 g/mol. The molecule has 2 rings (SSSR count). The molecule has 3 nitrogen and oxygen atoms in total. The molecule has 0 atom stereocenters. The molecule has 0 unspecified atom stereocenters. The molecule has 0 radical (unpaired) electrons. The highest BCUT2D eigenvalue weighted by Gasteiger charge is 2.05. The zero-order chi connectivity index (χ0) is 13.1. The Morgan fingerprint density at radius 2 is 2.11 bits per heavy atom. The van der Waals surface area contributed by atoms with Crippen molar-refractivity contribution in [3.8, 4) is 5.75 Å². The van der Waals surface area contributed by atoms with Gasteiger partial charge >= 0.3 is 5.97 Å². The molecule has 18 heavy (non-hydrogen) atoms. The fourth-order valence-electron chi connectivity index (χ4n) is 1.68. The van der Waals surface area contributed by atoms with Crippen LogP contribution >= 0.6 is 0 Å². The van der Waals surface area contributed by atoms with Crippen molar-refractivity contribution in [1.82, 2.24) is 0 Å². The molecule has 0 aliphatic rings. The summed E-state index contributed by atoms with van der Waals surface area (Å²) < 4.78 is 5.07. The lowest BCUT2D eigenvalue weighted by Crippen LogP contribution is -2.04. The van der Waals surface area contributed by atoms with E-state index in [1.54, 1.807) is 19.1 Å². The summed E-state index contributed by atoms with van der Waals surface area (Å²) in [5, 5.41) is 11.4. The van der Waals surface area contributed by atoms with E-state index in [9.17, 15) is 9.90 Å². The molecule has 0 spiro atoms. The number of carbonyl (C=O) groups is 1. The van der Waals surface area contributed by atoms with Gasteiger partial charge in [0.15, 0.2) is 0 Å². The number of hydrogen-bond acceptors (Lipinski definition) is 3. The van der Waals surface area contributed by atoms with E-state index in [0.717, 1.165) is 16.3 Å². The Labute approximate surface area is 105 Å². The predicted octanol–water partition coefficient (Wildman–Crippen LogP) is 3.16. The van der Waals surface area contributed by atoms with E-state index in [4.69, 9.17) is 4.74 Å². The van der Waals surface area contributed by atoms with Gasteiger partial charge < -0.3 is 9.84 Å². The maximum atomic E-state index is 11.3. The summed E-state index contributed by atoms with van der Waals surface area (Å²) in [7, 11) is 0. The van der Waals surface area contributed by atoms with Gasteiger partial charge in [-0.1, -0.05) is 30.8 Å². The van der Waals surface area contributed by atoms with Crippen LogP contribution in [0.5, 0.6) is 5.75 Å². The minimum atomic E-state index is -0.397. The summed E-state index contributed by atoms with van der Waals surface area (Å²) in [6.07, 6.45) is 0. The number of carbonyl (C=O) groups excluding carboxylic acids is 1. The summed E-state index contributed by atoms with van der Waals surface area (Å²) in [5.41, 5.74) is 1.26. The Hall–Kier alpha value is -2.29. The monoisotopic (exact) mass is 242 g/mol. The molecule has 0 aromatic heterocycles. The van der Waals surface area contributed by atoms with E-state index in [1.165, 1.54) is 0 Å². The Morgan fingerprint density at radius 3 is 2.83 bits per heavy atom. The maximum Gasteiger partial charge on any atom is 0.333 e. The smallest absolute Gasteiger partial charge is 0.333 e. The van der Waals surface area contributed by atoms with Crippen molar-refractivity contribution in [3.63, 3.8) is 0 Å². The van der Waals surface area contributed by atoms with Gasteiger partial charge in [-0.15, -0.1) is 0 Å². The fourth-order valence-corrected chi connectivity index (χ4v) is 1.68. The van der Waals surface area contributed by atoms with Crippen LogP contribution in [-0.4, -0.2) is 11.1 Å². The number of esters is 1. The molecule has 2 aromatic carbocycles. The number of benzene rings is 2. The summed E-state index contributed by atoms with van der Waals surface area (Å²) >= 11 is 0. The topological polar surface area (TPSA) is 46.5 Å². The largest absolute Gasteiger partial charge is 0.507 e. The first-order chi connectivity index (χ1) is 8.58. The second kappa shape index (κ2) is 4.92. The molecule has 0 fully saturated rings. The van der Waals surface area contributed by atoms with Crippen molar-refractivity contribution in [2.45, 2.75) is 13.5 Å². The third-order valence-corrected chi connectivity index (χ3v) is 2.64. The van der Waals surface area contributed by atoms with E-state index >= 15 is 0 Å². The molecular formula is C15H14O3. The normalized spacial score (nSPS) is 10.3. The van der Waals surface area contributed by atoms with Crippen LogP contribution in [0.15, 0.2) is 48.6 Å². The number of ether oxygens (including phenoxy) is 1. The third kappa shape index (κ3) is 2.51. The molecule has 92 valence electrons. The molecule has 0 bridgehead atoms. The molecule has 0 saturated carbocycles. The van der Waals surface area contributed by atoms with E-state index < -0.39 is 5.97 Å². The summed E-state index contributed by atoms with van der Waals surface area (Å²) in [4.78, 5) is 11.3. The van der Waals surface area contributed by atoms with Crippen molar-refractivity contribution in [3.05, 3.63) is 54.1 Å². The molecule has 0 aliphatic carbocycles. The maximum absolute atomic E-state index is 11.3. The molecule has 0 aliphatic heterocycles. The predicted molar refractivity (Wildman–Crippen MR) is 70.2 cm³/mol. The van der Waals surface area contributed by atoms with E-state index in [1.807, 2.05) is 24.3 Å². The van der Waals surface area contributed by atoms with Crippen LogP contribution in [0.1, 0.15) is 12.5 Å². The van der Waals surface area contributed by atoms with Crippen LogP contribution in [0.25, 0.3) is 10.8 Å². The van der Waals surface area contributed by atoms with Crippen molar-refractivity contribution < 1.29 is 14.6 Å². The SMILES string of the molecule is C=C(C)C(=O)OCc1ccc2c(O)cccc2c1. The third-order valence-electron chi connectivity index (χ3n) is 2.64. The molecule has 0 amide bonds. The molecule has 2 aromatic rings.